The number of carbonyl (C=O) groups excluding carboxylic acids is 1. The van der Waals surface area contributed by atoms with Gasteiger partial charge in [-0.05, 0) is 31.2 Å². The first-order chi connectivity index (χ1) is 11.4. The van der Waals surface area contributed by atoms with Gasteiger partial charge in [0.25, 0.3) is 0 Å². The SMILES string of the molecule is Cc1c(Br)cccc1CC(=O)N1CCOC(CN(C)CC(=O)O)C1. The molecule has 0 radical (unpaired) electrons. The Labute approximate surface area is 150 Å². The molecule has 0 saturated carbocycles. The van der Waals surface area contributed by atoms with Gasteiger partial charge in [0.1, 0.15) is 0 Å². The van der Waals surface area contributed by atoms with Crippen molar-refractivity contribution in [3.05, 3.63) is 33.8 Å². The Kier molecular flexibility index (Phi) is 6.77. The normalized spacial score (nSPS) is 18.0. The maximum Gasteiger partial charge on any atom is 0.317 e. The van der Waals surface area contributed by atoms with Crippen molar-refractivity contribution < 1.29 is 19.4 Å². The Hall–Kier alpha value is -1.44. The molecule has 24 heavy (non-hydrogen) atoms. The lowest BCUT2D eigenvalue weighted by Gasteiger charge is -2.34. The maximum absolute atomic E-state index is 12.6. The summed E-state index contributed by atoms with van der Waals surface area (Å²) in [5.74, 6) is -0.795. The summed E-state index contributed by atoms with van der Waals surface area (Å²) in [6.45, 7) is 4.00. The van der Waals surface area contributed by atoms with Gasteiger partial charge in [0.2, 0.25) is 5.91 Å². The average Bonchev–Trinajstić information content (AvgIpc) is 2.51. The van der Waals surface area contributed by atoms with Crippen LogP contribution in [0.4, 0.5) is 0 Å². The van der Waals surface area contributed by atoms with Crippen LogP contribution in [-0.2, 0) is 20.7 Å². The number of rotatable bonds is 6. The molecule has 6 nitrogen and oxygen atoms in total. The quantitative estimate of drug-likeness (QED) is 0.786. The van der Waals surface area contributed by atoms with Crippen LogP contribution in [0.3, 0.4) is 0 Å². The Bertz CT molecular complexity index is 608. The Morgan fingerprint density at radius 2 is 2.21 bits per heavy atom. The topological polar surface area (TPSA) is 70.1 Å². The Balaban J connectivity index is 1.92. The number of aliphatic carboxylic acids is 1. The molecule has 1 N–H and O–H groups in total. The van der Waals surface area contributed by atoms with Gasteiger partial charge in [-0.15, -0.1) is 0 Å². The van der Waals surface area contributed by atoms with E-state index in [4.69, 9.17) is 9.84 Å². The molecule has 0 bridgehead atoms. The van der Waals surface area contributed by atoms with Gasteiger partial charge in [-0.2, -0.15) is 0 Å². The predicted molar refractivity (Wildman–Crippen MR) is 94.0 cm³/mol. The van der Waals surface area contributed by atoms with Crippen LogP contribution < -0.4 is 0 Å². The molecule has 1 aliphatic rings. The highest BCUT2D eigenvalue weighted by Crippen LogP contribution is 2.20. The summed E-state index contributed by atoms with van der Waals surface area (Å²) in [5.41, 5.74) is 2.09. The summed E-state index contributed by atoms with van der Waals surface area (Å²) in [6, 6.07) is 5.87. The molecule has 1 aromatic carbocycles. The number of morpholine rings is 1. The van der Waals surface area contributed by atoms with Crippen LogP contribution in [0.15, 0.2) is 22.7 Å². The molecule has 1 atom stereocenters. The zero-order valence-electron chi connectivity index (χ0n) is 14.0. The van der Waals surface area contributed by atoms with Crippen molar-refractivity contribution in [1.29, 1.82) is 0 Å². The van der Waals surface area contributed by atoms with Crippen LogP contribution >= 0.6 is 15.9 Å². The number of carbonyl (C=O) groups is 2. The lowest BCUT2D eigenvalue weighted by atomic mass is 10.0. The van der Waals surface area contributed by atoms with E-state index in [-0.39, 0.29) is 18.6 Å². The molecule has 0 aliphatic carbocycles. The number of hydrogen-bond donors (Lipinski definition) is 1. The largest absolute Gasteiger partial charge is 0.480 e. The second kappa shape index (κ2) is 8.60. The first-order valence-electron chi connectivity index (χ1n) is 7.90. The van der Waals surface area contributed by atoms with Crippen molar-refractivity contribution in [3.8, 4) is 0 Å². The fraction of sp³-hybridized carbons (Fsp3) is 0.529. The number of halogens is 1. The maximum atomic E-state index is 12.6. The van der Waals surface area contributed by atoms with Gasteiger partial charge in [0.15, 0.2) is 0 Å². The molecule has 0 spiro atoms. The van der Waals surface area contributed by atoms with Crippen molar-refractivity contribution in [2.75, 3.05) is 39.8 Å². The third-order valence-electron chi connectivity index (χ3n) is 4.13. The van der Waals surface area contributed by atoms with Gasteiger partial charge in [-0.3, -0.25) is 14.5 Å². The lowest BCUT2D eigenvalue weighted by molar-refractivity contribution is -0.142. The Morgan fingerprint density at radius 1 is 1.46 bits per heavy atom. The molecule has 1 unspecified atom stereocenters. The molecule has 1 fully saturated rings. The highest BCUT2D eigenvalue weighted by atomic mass is 79.9. The molecule has 1 aromatic rings. The number of benzene rings is 1. The summed E-state index contributed by atoms with van der Waals surface area (Å²) in [5, 5.41) is 8.82. The number of ether oxygens (including phenoxy) is 1. The van der Waals surface area contributed by atoms with E-state index >= 15 is 0 Å². The van der Waals surface area contributed by atoms with E-state index < -0.39 is 5.97 Å². The molecule has 0 aromatic heterocycles. The highest BCUT2D eigenvalue weighted by Gasteiger charge is 2.25. The summed E-state index contributed by atoms with van der Waals surface area (Å²) in [7, 11) is 1.74. The molecule has 7 heteroatoms. The van der Waals surface area contributed by atoms with Crippen molar-refractivity contribution in [1.82, 2.24) is 9.80 Å². The molecule has 1 saturated heterocycles. The molecular weight excluding hydrogens is 376 g/mol. The fourth-order valence-electron chi connectivity index (χ4n) is 2.82. The fourth-order valence-corrected chi connectivity index (χ4v) is 3.23. The van der Waals surface area contributed by atoms with E-state index in [0.29, 0.717) is 32.7 Å². The second-order valence-electron chi connectivity index (χ2n) is 6.12. The average molecular weight is 399 g/mol. The van der Waals surface area contributed by atoms with Crippen molar-refractivity contribution in [3.63, 3.8) is 0 Å². The number of carboxylic acid groups (broad SMARTS) is 1. The van der Waals surface area contributed by atoms with Gasteiger partial charge >= 0.3 is 5.97 Å². The van der Waals surface area contributed by atoms with E-state index in [0.717, 1.165) is 15.6 Å². The van der Waals surface area contributed by atoms with E-state index in [1.54, 1.807) is 11.9 Å². The minimum atomic E-state index is -0.869. The van der Waals surface area contributed by atoms with Crippen LogP contribution in [0.2, 0.25) is 0 Å². The number of likely N-dealkylation sites (N-methyl/N-ethyl adjacent to an activating group) is 1. The van der Waals surface area contributed by atoms with Gasteiger partial charge in [-0.25, -0.2) is 0 Å². The van der Waals surface area contributed by atoms with Crippen molar-refractivity contribution in [2.24, 2.45) is 0 Å². The minimum Gasteiger partial charge on any atom is -0.480 e. The zero-order valence-corrected chi connectivity index (χ0v) is 15.6. The first kappa shape index (κ1) is 18.9. The second-order valence-corrected chi connectivity index (χ2v) is 6.98. The molecule has 1 aliphatic heterocycles. The summed E-state index contributed by atoms with van der Waals surface area (Å²) < 4.78 is 6.67. The zero-order chi connectivity index (χ0) is 17.7. The van der Waals surface area contributed by atoms with E-state index in [2.05, 4.69) is 15.9 Å². The first-order valence-corrected chi connectivity index (χ1v) is 8.70. The summed E-state index contributed by atoms with van der Waals surface area (Å²) in [4.78, 5) is 26.8. The number of carboxylic acids is 1. The van der Waals surface area contributed by atoms with E-state index in [1.165, 1.54) is 0 Å². The number of hydrogen-bond acceptors (Lipinski definition) is 4. The predicted octanol–water partition coefficient (Wildman–Crippen LogP) is 1.54. The van der Waals surface area contributed by atoms with Crippen LogP contribution in [0.1, 0.15) is 11.1 Å². The smallest absolute Gasteiger partial charge is 0.317 e. The Morgan fingerprint density at radius 3 is 2.92 bits per heavy atom. The van der Waals surface area contributed by atoms with Gasteiger partial charge < -0.3 is 14.7 Å². The molecule has 1 heterocycles. The lowest BCUT2D eigenvalue weighted by Crippen LogP contribution is -2.50. The van der Waals surface area contributed by atoms with Gasteiger partial charge in [0.05, 0.1) is 25.7 Å². The molecular formula is C17H23BrN2O4. The van der Waals surface area contributed by atoms with Gasteiger partial charge in [-0.1, -0.05) is 28.1 Å². The minimum absolute atomic E-state index is 0.0367. The summed E-state index contributed by atoms with van der Waals surface area (Å²) in [6.07, 6.45) is 0.207. The summed E-state index contributed by atoms with van der Waals surface area (Å²) >= 11 is 3.49. The van der Waals surface area contributed by atoms with Crippen molar-refractivity contribution in [2.45, 2.75) is 19.4 Å². The van der Waals surface area contributed by atoms with E-state index in [9.17, 15) is 9.59 Å². The standard InChI is InChI=1S/C17H23BrN2O4/c1-12-13(4-3-5-15(12)18)8-16(21)20-6-7-24-14(10-20)9-19(2)11-17(22)23/h3-5,14H,6-11H2,1-2H3,(H,22,23). The van der Waals surface area contributed by atoms with E-state index in [1.807, 2.05) is 30.0 Å². The number of amides is 1. The third kappa shape index (κ3) is 5.29. The van der Waals surface area contributed by atoms with Crippen LogP contribution in [0.5, 0.6) is 0 Å². The van der Waals surface area contributed by atoms with Crippen LogP contribution in [0, 0.1) is 6.92 Å². The molecule has 2 rings (SSSR count). The van der Waals surface area contributed by atoms with Gasteiger partial charge in [0, 0.05) is 24.1 Å². The molecule has 1 amide bonds. The van der Waals surface area contributed by atoms with Crippen molar-refractivity contribution >= 4 is 27.8 Å². The van der Waals surface area contributed by atoms with Crippen LogP contribution in [0.25, 0.3) is 0 Å². The monoisotopic (exact) mass is 398 g/mol. The van der Waals surface area contributed by atoms with Crippen LogP contribution in [-0.4, -0.2) is 72.7 Å². The third-order valence-corrected chi connectivity index (χ3v) is 4.99. The molecule has 132 valence electrons. The number of nitrogens with zero attached hydrogens (tertiary/aromatic N) is 2. The highest BCUT2D eigenvalue weighted by molar-refractivity contribution is 9.10.